The number of nitrogens with one attached hydrogen (secondary N) is 1. The number of ether oxygens (including phenoxy) is 2. The lowest BCUT2D eigenvalue weighted by Gasteiger charge is -2.26. The first kappa shape index (κ1) is 22.1. The van der Waals surface area contributed by atoms with Crippen LogP contribution in [0.25, 0.3) is 0 Å². The summed E-state index contributed by atoms with van der Waals surface area (Å²) in [6.07, 6.45) is 3.07. The van der Waals surface area contributed by atoms with Crippen LogP contribution in [0.2, 0.25) is 0 Å². The molecular formula is C22H23N3O5S. The summed E-state index contributed by atoms with van der Waals surface area (Å²) in [5.74, 6) is 0.348. The van der Waals surface area contributed by atoms with Crippen LogP contribution in [-0.2, 0) is 14.8 Å². The molecule has 3 rings (SSSR count). The van der Waals surface area contributed by atoms with E-state index in [1.54, 1.807) is 42.5 Å². The number of carbonyl (C=O) groups is 1. The van der Waals surface area contributed by atoms with Crippen LogP contribution in [0.4, 0.5) is 11.4 Å². The van der Waals surface area contributed by atoms with E-state index in [1.807, 2.05) is 6.92 Å². The first-order valence-corrected chi connectivity index (χ1v) is 10.8. The molecule has 0 radical (unpaired) electrons. The molecule has 1 heterocycles. The molecule has 8 nitrogen and oxygen atoms in total. The molecule has 0 atom stereocenters. The van der Waals surface area contributed by atoms with Crippen LogP contribution >= 0.6 is 0 Å². The number of aryl methyl sites for hydroxylation is 1. The van der Waals surface area contributed by atoms with Gasteiger partial charge in [-0.2, -0.15) is 0 Å². The van der Waals surface area contributed by atoms with E-state index in [0.29, 0.717) is 17.2 Å². The highest BCUT2D eigenvalue weighted by molar-refractivity contribution is 7.92. The zero-order valence-electron chi connectivity index (χ0n) is 17.4. The summed E-state index contributed by atoms with van der Waals surface area (Å²) < 4.78 is 38.6. The molecule has 0 spiro atoms. The van der Waals surface area contributed by atoms with Gasteiger partial charge in [-0.3, -0.25) is 14.1 Å². The summed E-state index contributed by atoms with van der Waals surface area (Å²) in [5, 5.41) is 2.69. The number of amides is 1. The van der Waals surface area contributed by atoms with Crippen LogP contribution in [0.3, 0.4) is 0 Å². The largest absolute Gasteiger partial charge is 0.497 e. The van der Waals surface area contributed by atoms with Gasteiger partial charge in [-0.15, -0.1) is 0 Å². The molecule has 1 amide bonds. The average Bonchev–Trinajstić information content (AvgIpc) is 2.78. The maximum Gasteiger partial charge on any atom is 0.264 e. The molecule has 0 unspecified atom stereocenters. The van der Waals surface area contributed by atoms with E-state index in [4.69, 9.17) is 9.47 Å². The number of nitrogens with zero attached hydrogens (tertiary/aromatic N) is 2. The molecule has 9 heteroatoms. The summed E-state index contributed by atoms with van der Waals surface area (Å²) in [6, 6.07) is 14.3. The Balaban J connectivity index is 2.03. The summed E-state index contributed by atoms with van der Waals surface area (Å²) in [6.45, 7) is 1.38. The molecule has 1 N–H and O–H groups in total. The quantitative estimate of drug-likeness (QED) is 0.576. The van der Waals surface area contributed by atoms with Gasteiger partial charge in [-0.1, -0.05) is 6.07 Å². The van der Waals surface area contributed by atoms with Gasteiger partial charge in [0.2, 0.25) is 5.91 Å². The van der Waals surface area contributed by atoms with Gasteiger partial charge in [0.1, 0.15) is 18.0 Å². The summed E-state index contributed by atoms with van der Waals surface area (Å²) in [5.41, 5.74) is 1.60. The van der Waals surface area contributed by atoms with Crippen LogP contribution in [0.5, 0.6) is 11.5 Å². The van der Waals surface area contributed by atoms with Gasteiger partial charge in [0, 0.05) is 18.1 Å². The van der Waals surface area contributed by atoms with Gasteiger partial charge in [0.15, 0.2) is 0 Å². The van der Waals surface area contributed by atoms with Crippen LogP contribution in [-0.4, -0.2) is 40.1 Å². The number of hydrogen-bond donors (Lipinski definition) is 1. The molecule has 0 aliphatic carbocycles. The third-order valence-corrected chi connectivity index (χ3v) is 6.28. The van der Waals surface area contributed by atoms with E-state index >= 15 is 0 Å². The molecule has 31 heavy (non-hydrogen) atoms. The number of benzene rings is 2. The summed E-state index contributed by atoms with van der Waals surface area (Å²) >= 11 is 0. The van der Waals surface area contributed by atoms with Crippen LogP contribution in [0.15, 0.2) is 71.9 Å². The van der Waals surface area contributed by atoms with E-state index in [9.17, 15) is 13.2 Å². The lowest BCUT2D eigenvalue weighted by molar-refractivity contribution is -0.114. The topological polar surface area (TPSA) is 97.8 Å². The second kappa shape index (κ2) is 9.48. The number of sulfonamides is 1. The van der Waals surface area contributed by atoms with E-state index in [2.05, 4.69) is 10.3 Å². The molecule has 0 saturated carbocycles. The van der Waals surface area contributed by atoms with E-state index < -0.39 is 22.5 Å². The Morgan fingerprint density at radius 1 is 1.00 bits per heavy atom. The number of aromatic nitrogens is 1. The van der Waals surface area contributed by atoms with Crippen molar-refractivity contribution in [3.05, 3.63) is 72.6 Å². The molecule has 2 aromatic carbocycles. The van der Waals surface area contributed by atoms with E-state index in [0.717, 1.165) is 9.87 Å². The van der Waals surface area contributed by atoms with Crippen molar-refractivity contribution in [3.8, 4) is 11.5 Å². The number of methoxy groups -OCH3 is 2. The van der Waals surface area contributed by atoms with Crippen molar-refractivity contribution < 1.29 is 22.7 Å². The Labute approximate surface area is 181 Å². The first-order chi connectivity index (χ1) is 14.8. The van der Waals surface area contributed by atoms with Crippen molar-refractivity contribution in [2.24, 2.45) is 0 Å². The highest BCUT2D eigenvalue weighted by Gasteiger charge is 2.29. The van der Waals surface area contributed by atoms with Crippen molar-refractivity contribution in [1.82, 2.24) is 4.98 Å². The Bertz CT molecular complexity index is 1150. The van der Waals surface area contributed by atoms with Crippen molar-refractivity contribution in [1.29, 1.82) is 0 Å². The summed E-state index contributed by atoms with van der Waals surface area (Å²) in [7, 11) is -1.15. The standard InChI is InChI=1S/C22H23N3O5S/c1-16-4-9-21(30-3)20(14-16)25(15-22(26)24-17-10-12-23-13-11-17)31(27,28)19-7-5-18(29-2)6-8-19/h4-14H,15H2,1-3H3,(H,23,24,26). The molecule has 162 valence electrons. The number of anilines is 2. The third-order valence-electron chi connectivity index (χ3n) is 4.50. The Morgan fingerprint density at radius 2 is 1.68 bits per heavy atom. The number of hydrogen-bond acceptors (Lipinski definition) is 6. The van der Waals surface area contributed by atoms with Gasteiger partial charge in [-0.25, -0.2) is 8.42 Å². The molecule has 3 aromatic rings. The summed E-state index contributed by atoms with van der Waals surface area (Å²) in [4.78, 5) is 16.7. The van der Waals surface area contributed by atoms with E-state index in [1.165, 1.54) is 38.7 Å². The van der Waals surface area contributed by atoms with Gasteiger partial charge in [0.25, 0.3) is 10.0 Å². The predicted octanol–water partition coefficient (Wildman–Crippen LogP) is 3.24. The second-order valence-corrected chi connectivity index (χ2v) is 8.51. The van der Waals surface area contributed by atoms with Crippen molar-refractivity contribution in [2.75, 3.05) is 30.4 Å². The normalized spacial score (nSPS) is 10.9. The minimum Gasteiger partial charge on any atom is -0.497 e. The van der Waals surface area contributed by atoms with Crippen LogP contribution < -0.4 is 19.1 Å². The fourth-order valence-corrected chi connectivity index (χ4v) is 4.36. The predicted molar refractivity (Wildman–Crippen MR) is 118 cm³/mol. The first-order valence-electron chi connectivity index (χ1n) is 9.36. The fraction of sp³-hybridized carbons (Fsp3) is 0.182. The average molecular weight is 442 g/mol. The van der Waals surface area contributed by atoms with Gasteiger partial charge in [0.05, 0.1) is 24.8 Å². The lowest BCUT2D eigenvalue weighted by atomic mass is 10.2. The second-order valence-electron chi connectivity index (χ2n) is 6.65. The van der Waals surface area contributed by atoms with Crippen LogP contribution in [0, 0.1) is 6.92 Å². The van der Waals surface area contributed by atoms with Gasteiger partial charge >= 0.3 is 0 Å². The maximum atomic E-state index is 13.5. The molecule has 0 bridgehead atoms. The molecule has 0 fully saturated rings. The number of pyridine rings is 1. The van der Waals surface area contributed by atoms with Crippen molar-refractivity contribution >= 4 is 27.3 Å². The number of carbonyl (C=O) groups excluding carboxylic acids is 1. The number of rotatable bonds is 8. The fourth-order valence-electron chi connectivity index (χ4n) is 2.94. The third kappa shape index (κ3) is 5.13. The van der Waals surface area contributed by atoms with Crippen molar-refractivity contribution in [2.45, 2.75) is 11.8 Å². The smallest absolute Gasteiger partial charge is 0.264 e. The van der Waals surface area contributed by atoms with E-state index in [-0.39, 0.29) is 10.6 Å². The highest BCUT2D eigenvalue weighted by atomic mass is 32.2. The maximum absolute atomic E-state index is 13.5. The van der Waals surface area contributed by atoms with Gasteiger partial charge < -0.3 is 14.8 Å². The highest BCUT2D eigenvalue weighted by Crippen LogP contribution is 2.33. The lowest BCUT2D eigenvalue weighted by Crippen LogP contribution is -2.38. The Hall–Kier alpha value is -3.59. The zero-order chi connectivity index (χ0) is 22.4. The zero-order valence-corrected chi connectivity index (χ0v) is 18.2. The SMILES string of the molecule is COc1ccc(S(=O)(=O)N(CC(=O)Nc2ccncc2)c2cc(C)ccc2OC)cc1. The van der Waals surface area contributed by atoms with Crippen molar-refractivity contribution in [3.63, 3.8) is 0 Å². The Kier molecular flexibility index (Phi) is 6.76. The minimum atomic E-state index is -4.09. The monoisotopic (exact) mass is 441 g/mol. The minimum absolute atomic E-state index is 0.0218. The van der Waals surface area contributed by atoms with Gasteiger partial charge in [-0.05, 0) is 61.0 Å². The molecule has 0 aliphatic rings. The Morgan fingerprint density at radius 3 is 2.29 bits per heavy atom. The van der Waals surface area contributed by atoms with Crippen LogP contribution in [0.1, 0.15) is 5.56 Å². The molecule has 0 aliphatic heterocycles. The molecule has 1 aromatic heterocycles. The molecule has 0 saturated heterocycles. The molecular weight excluding hydrogens is 418 g/mol.